The van der Waals surface area contributed by atoms with Crippen molar-refractivity contribution < 1.29 is 18.0 Å². The second kappa shape index (κ2) is 6.80. The highest BCUT2D eigenvalue weighted by molar-refractivity contribution is 8.05. The molecule has 2 rings (SSSR count). The molecule has 0 aliphatic rings. The fraction of sp³-hybridized carbons (Fsp3) is 0.263. The predicted molar refractivity (Wildman–Crippen MR) is 97.0 cm³/mol. The minimum absolute atomic E-state index is 0.0471. The van der Waals surface area contributed by atoms with Crippen LogP contribution in [0.1, 0.15) is 52.6 Å². The zero-order valence-electron chi connectivity index (χ0n) is 14.7. The quantitative estimate of drug-likeness (QED) is 0.893. The van der Waals surface area contributed by atoms with Crippen LogP contribution in [0.25, 0.3) is 0 Å². The van der Waals surface area contributed by atoms with E-state index < -0.39 is 21.0 Å². The lowest BCUT2D eigenvalue weighted by molar-refractivity contribution is 0.0971. The molecular weight excluding hydrogens is 338 g/mol. The molecule has 25 heavy (non-hydrogen) atoms. The third-order valence-electron chi connectivity index (χ3n) is 3.85. The van der Waals surface area contributed by atoms with E-state index in [0.717, 1.165) is 5.56 Å². The van der Waals surface area contributed by atoms with Crippen molar-refractivity contribution in [2.24, 2.45) is 0 Å². The summed E-state index contributed by atoms with van der Waals surface area (Å²) >= 11 is 0. The lowest BCUT2D eigenvalue weighted by Gasteiger charge is -2.19. The van der Waals surface area contributed by atoms with Gasteiger partial charge in [0.2, 0.25) is 0 Å². The molecule has 0 aromatic heterocycles. The van der Waals surface area contributed by atoms with Crippen molar-refractivity contribution >= 4 is 21.0 Å². The number of benzene rings is 2. The zero-order valence-corrected chi connectivity index (χ0v) is 15.5. The molecule has 2 aromatic rings. The van der Waals surface area contributed by atoms with E-state index in [0.29, 0.717) is 5.56 Å². The summed E-state index contributed by atoms with van der Waals surface area (Å²) in [7, 11) is -4.46. The molecule has 0 heterocycles. The molecular formula is C19H21NO4S. The second-order valence-corrected chi connectivity index (χ2v) is 8.45. The van der Waals surface area contributed by atoms with Crippen molar-refractivity contribution in [3.63, 3.8) is 0 Å². The first-order valence-corrected chi connectivity index (χ1v) is 9.28. The van der Waals surface area contributed by atoms with E-state index in [1.165, 1.54) is 6.07 Å². The summed E-state index contributed by atoms with van der Waals surface area (Å²) in [5.74, 6) is -0.831. The first kappa shape index (κ1) is 18.9. The molecule has 132 valence electrons. The monoisotopic (exact) mass is 359 g/mol. The van der Waals surface area contributed by atoms with Crippen LogP contribution in [0.3, 0.4) is 0 Å². The van der Waals surface area contributed by atoms with Crippen molar-refractivity contribution in [1.29, 1.82) is 0 Å². The Morgan fingerprint density at radius 2 is 1.48 bits per heavy atom. The van der Waals surface area contributed by atoms with E-state index in [1.54, 1.807) is 49.4 Å². The van der Waals surface area contributed by atoms with Crippen LogP contribution in [0.5, 0.6) is 0 Å². The summed E-state index contributed by atoms with van der Waals surface area (Å²) in [6, 6.07) is 13.0. The number of nitrogens with one attached hydrogen (secondary N) is 1. The summed E-state index contributed by atoms with van der Waals surface area (Å²) in [5.41, 5.74) is 1.69. The van der Waals surface area contributed by atoms with Gasteiger partial charge >= 0.3 is 10.0 Å². The summed E-state index contributed by atoms with van der Waals surface area (Å²) in [5, 5.41) is -1.12. The van der Waals surface area contributed by atoms with Gasteiger partial charge in [-0.05, 0) is 41.7 Å². The number of hydrogen-bond donors (Lipinski definition) is 1. The SMILES string of the molecule is Cc1ccccc1C(=O)S(=O)(=O)NC(=O)c1ccc(C(C)(C)C)cc1. The van der Waals surface area contributed by atoms with Crippen molar-refractivity contribution in [2.45, 2.75) is 33.1 Å². The molecule has 0 fully saturated rings. The van der Waals surface area contributed by atoms with E-state index in [2.05, 4.69) is 0 Å². The molecule has 0 radical (unpaired) electrons. The number of carbonyl (C=O) groups excluding carboxylic acids is 2. The molecule has 0 unspecified atom stereocenters. The van der Waals surface area contributed by atoms with Crippen LogP contribution in [0.4, 0.5) is 0 Å². The highest BCUT2D eigenvalue weighted by Gasteiger charge is 2.27. The largest absolute Gasteiger partial charge is 0.303 e. The highest BCUT2D eigenvalue weighted by atomic mass is 32.2. The average Bonchev–Trinajstić information content (AvgIpc) is 2.53. The Hall–Kier alpha value is -2.47. The maximum atomic E-state index is 12.2. The third kappa shape index (κ3) is 4.33. The average molecular weight is 359 g/mol. The molecule has 6 heteroatoms. The molecule has 0 aliphatic carbocycles. The predicted octanol–water partition coefficient (Wildman–Crippen LogP) is 3.19. The summed E-state index contributed by atoms with van der Waals surface area (Å²) in [4.78, 5) is 24.4. The maximum absolute atomic E-state index is 12.2. The number of sulfonamides is 1. The Labute approximate surface area is 148 Å². The van der Waals surface area contributed by atoms with Crippen molar-refractivity contribution in [3.05, 3.63) is 70.8 Å². The van der Waals surface area contributed by atoms with Gasteiger partial charge in [0.15, 0.2) is 0 Å². The molecule has 0 saturated carbocycles. The van der Waals surface area contributed by atoms with E-state index in [-0.39, 0.29) is 16.5 Å². The fourth-order valence-corrected chi connectivity index (χ4v) is 3.27. The summed E-state index contributed by atoms with van der Waals surface area (Å²) in [6.45, 7) is 7.74. The van der Waals surface area contributed by atoms with Gasteiger partial charge in [0.1, 0.15) is 0 Å². The molecule has 0 saturated heterocycles. The van der Waals surface area contributed by atoms with Crippen LogP contribution < -0.4 is 4.72 Å². The van der Waals surface area contributed by atoms with Crippen LogP contribution in [0, 0.1) is 6.92 Å². The number of aryl methyl sites for hydroxylation is 1. The smallest absolute Gasteiger partial charge is 0.274 e. The van der Waals surface area contributed by atoms with Gasteiger partial charge in [-0.3, -0.25) is 9.59 Å². The van der Waals surface area contributed by atoms with Gasteiger partial charge in [-0.25, -0.2) is 4.72 Å². The van der Waals surface area contributed by atoms with E-state index in [9.17, 15) is 18.0 Å². The van der Waals surface area contributed by atoms with Crippen LogP contribution in [-0.2, 0) is 15.4 Å². The van der Waals surface area contributed by atoms with Crippen LogP contribution in [0.15, 0.2) is 48.5 Å². The minimum atomic E-state index is -4.46. The number of rotatable bonds is 2. The van der Waals surface area contributed by atoms with Gasteiger partial charge in [-0.2, -0.15) is 8.42 Å². The highest BCUT2D eigenvalue weighted by Crippen LogP contribution is 2.22. The lowest BCUT2D eigenvalue weighted by atomic mass is 9.87. The fourth-order valence-electron chi connectivity index (χ4n) is 2.30. The Morgan fingerprint density at radius 3 is 2.00 bits per heavy atom. The third-order valence-corrected chi connectivity index (χ3v) is 5.01. The number of hydrogen-bond acceptors (Lipinski definition) is 4. The molecule has 1 N–H and O–H groups in total. The van der Waals surface area contributed by atoms with Crippen molar-refractivity contribution in [1.82, 2.24) is 4.72 Å². The van der Waals surface area contributed by atoms with Gasteiger partial charge < -0.3 is 0 Å². The summed E-state index contributed by atoms with van der Waals surface area (Å²) in [6.07, 6.45) is 0. The minimum Gasteiger partial charge on any atom is -0.274 e. The molecule has 0 spiro atoms. The van der Waals surface area contributed by atoms with E-state index >= 15 is 0 Å². The molecule has 1 amide bonds. The van der Waals surface area contributed by atoms with Crippen LogP contribution >= 0.6 is 0 Å². The number of amides is 1. The maximum Gasteiger partial charge on any atom is 0.303 e. The summed E-state index contributed by atoms with van der Waals surface area (Å²) < 4.78 is 26.3. The standard InChI is InChI=1S/C19H21NO4S/c1-13-7-5-6-8-16(13)18(22)25(23,24)20-17(21)14-9-11-15(12-10-14)19(2,3)4/h5-12H,1-4H3,(H,20,21). The van der Waals surface area contributed by atoms with Gasteiger partial charge in [-0.1, -0.05) is 51.1 Å². The van der Waals surface area contributed by atoms with Gasteiger partial charge in [0, 0.05) is 11.1 Å². The molecule has 0 bridgehead atoms. The van der Waals surface area contributed by atoms with Gasteiger partial charge in [0.05, 0.1) is 0 Å². The normalized spacial score (nSPS) is 11.8. The van der Waals surface area contributed by atoms with E-state index in [4.69, 9.17) is 0 Å². The molecule has 2 aromatic carbocycles. The molecule has 5 nitrogen and oxygen atoms in total. The lowest BCUT2D eigenvalue weighted by Crippen LogP contribution is -2.36. The van der Waals surface area contributed by atoms with Crippen molar-refractivity contribution in [2.75, 3.05) is 0 Å². The topological polar surface area (TPSA) is 80.3 Å². The Kier molecular flexibility index (Phi) is 5.13. The zero-order chi connectivity index (χ0) is 18.8. The van der Waals surface area contributed by atoms with Crippen LogP contribution in [-0.4, -0.2) is 19.4 Å². The first-order valence-electron chi connectivity index (χ1n) is 7.80. The Balaban J connectivity index is 2.22. The molecule has 0 atom stereocenters. The van der Waals surface area contributed by atoms with E-state index in [1.807, 2.05) is 25.5 Å². The van der Waals surface area contributed by atoms with Crippen LogP contribution in [0.2, 0.25) is 0 Å². The number of carbonyl (C=O) groups is 2. The molecule has 0 aliphatic heterocycles. The van der Waals surface area contributed by atoms with Gasteiger partial charge in [0.25, 0.3) is 11.0 Å². The Morgan fingerprint density at radius 1 is 0.920 bits per heavy atom. The van der Waals surface area contributed by atoms with Crippen molar-refractivity contribution in [3.8, 4) is 0 Å². The first-order chi connectivity index (χ1) is 11.5. The van der Waals surface area contributed by atoms with Gasteiger partial charge in [-0.15, -0.1) is 0 Å². The second-order valence-electron chi connectivity index (χ2n) is 6.86. The Bertz CT molecular complexity index is 907.